The Balaban J connectivity index is 2.02. The number of nitrogens with one attached hydrogen (secondary N) is 2. The van der Waals surface area contributed by atoms with Crippen molar-refractivity contribution in [2.24, 2.45) is 0 Å². The van der Waals surface area contributed by atoms with E-state index in [0.29, 0.717) is 24.5 Å². The van der Waals surface area contributed by atoms with Crippen molar-refractivity contribution in [2.75, 3.05) is 23.3 Å². The first-order valence-corrected chi connectivity index (χ1v) is 10.3. The Bertz CT molecular complexity index is 790. The van der Waals surface area contributed by atoms with E-state index >= 15 is 0 Å². The topological polar surface area (TPSA) is 102 Å². The molecule has 0 bridgehead atoms. The van der Waals surface area contributed by atoms with Gasteiger partial charge in [0.1, 0.15) is 6.23 Å². The molecular weight excluding hydrogens is 356 g/mol. The lowest BCUT2D eigenvalue weighted by atomic mass is 10.1. The second kappa shape index (κ2) is 7.05. The SMILES string of the molecule is CC(C)NC(=O)N1c2cc(S(=O)(=O)N3CCCC3)ccc2NC(O)C1C. The molecule has 1 aromatic rings. The van der Waals surface area contributed by atoms with Crippen LogP contribution >= 0.6 is 0 Å². The van der Waals surface area contributed by atoms with Crippen LogP contribution in [-0.2, 0) is 10.0 Å². The highest BCUT2D eigenvalue weighted by Gasteiger charge is 2.36. The van der Waals surface area contributed by atoms with E-state index in [1.807, 2.05) is 13.8 Å². The minimum atomic E-state index is -3.59. The van der Waals surface area contributed by atoms with Gasteiger partial charge in [-0.05, 0) is 51.8 Å². The highest BCUT2D eigenvalue weighted by molar-refractivity contribution is 7.89. The predicted molar refractivity (Wildman–Crippen MR) is 99.7 cm³/mol. The van der Waals surface area contributed by atoms with Gasteiger partial charge in [0, 0.05) is 19.1 Å². The van der Waals surface area contributed by atoms with Crippen LogP contribution in [0.1, 0.15) is 33.6 Å². The molecule has 3 rings (SSSR count). The molecule has 2 aliphatic heterocycles. The molecule has 2 heterocycles. The molecule has 26 heavy (non-hydrogen) atoms. The molecule has 2 aliphatic rings. The van der Waals surface area contributed by atoms with E-state index in [1.54, 1.807) is 13.0 Å². The number of aliphatic hydroxyl groups excluding tert-OH is 1. The number of hydrogen-bond donors (Lipinski definition) is 3. The number of amides is 2. The number of carbonyl (C=O) groups excluding carboxylic acids is 1. The molecule has 144 valence electrons. The second-order valence-electron chi connectivity index (χ2n) is 7.09. The third kappa shape index (κ3) is 3.38. The van der Waals surface area contributed by atoms with Gasteiger partial charge in [0.25, 0.3) is 0 Å². The van der Waals surface area contributed by atoms with Crippen molar-refractivity contribution in [3.8, 4) is 0 Å². The largest absolute Gasteiger partial charge is 0.372 e. The Hall–Kier alpha value is -1.84. The van der Waals surface area contributed by atoms with Gasteiger partial charge in [-0.25, -0.2) is 13.2 Å². The first-order valence-electron chi connectivity index (χ1n) is 8.90. The lowest BCUT2D eigenvalue weighted by Crippen LogP contribution is -2.55. The van der Waals surface area contributed by atoms with E-state index in [2.05, 4.69) is 10.6 Å². The van der Waals surface area contributed by atoms with Crippen molar-refractivity contribution in [1.82, 2.24) is 9.62 Å². The maximum atomic E-state index is 12.9. The number of sulfonamides is 1. The fourth-order valence-electron chi connectivity index (χ4n) is 3.32. The lowest BCUT2D eigenvalue weighted by Gasteiger charge is -2.39. The number of carbonyl (C=O) groups is 1. The molecule has 0 radical (unpaired) electrons. The number of fused-ring (bicyclic) bond motifs is 1. The molecule has 3 N–H and O–H groups in total. The minimum Gasteiger partial charge on any atom is -0.372 e. The summed E-state index contributed by atoms with van der Waals surface area (Å²) in [5.41, 5.74) is 0.969. The van der Waals surface area contributed by atoms with Gasteiger partial charge in [-0.3, -0.25) is 4.90 Å². The number of nitrogens with zero attached hydrogens (tertiary/aromatic N) is 2. The van der Waals surface area contributed by atoms with Gasteiger partial charge in [0.2, 0.25) is 10.0 Å². The van der Waals surface area contributed by atoms with Crippen LogP contribution < -0.4 is 15.5 Å². The van der Waals surface area contributed by atoms with E-state index < -0.39 is 22.3 Å². The standard InChI is InChI=1S/C17H26N4O4S/c1-11(2)18-17(23)21-12(3)16(22)19-14-7-6-13(10-15(14)21)26(24,25)20-8-4-5-9-20/h6-7,10-12,16,19,22H,4-5,8-9H2,1-3H3,(H,18,23). The molecule has 1 fully saturated rings. The molecule has 0 aromatic heterocycles. The van der Waals surface area contributed by atoms with Gasteiger partial charge in [-0.15, -0.1) is 0 Å². The number of rotatable bonds is 3. The van der Waals surface area contributed by atoms with Crippen LogP contribution in [0.5, 0.6) is 0 Å². The smallest absolute Gasteiger partial charge is 0.322 e. The van der Waals surface area contributed by atoms with Gasteiger partial charge >= 0.3 is 6.03 Å². The molecule has 8 nitrogen and oxygen atoms in total. The zero-order chi connectivity index (χ0) is 19.1. The Morgan fingerprint density at radius 2 is 1.96 bits per heavy atom. The first kappa shape index (κ1) is 18.9. The quantitative estimate of drug-likeness (QED) is 0.736. The lowest BCUT2D eigenvalue weighted by molar-refractivity contribution is 0.168. The van der Waals surface area contributed by atoms with Gasteiger partial charge in [0.05, 0.1) is 22.3 Å². The average Bonchev–Trinajstić information content (AvgIpc) is 3.10. The molecule has 2 amide bonds. The summed E-state index contributed by atoms with van der Waals surface area (Å²) in [5, 5.41) is 15.9. The zero-order valence-corrected chi connectivity index (χ0v) is 16.1. The average molecular weight is 382 g/mol. The summed E-state index contributed by atoms with van der Waals surface area (Å²) in [7, 11) is -3.59. The summed E-state index contributed by atoms with van der Waals surface area (Å²) in [6, 6.07) is 3.62. The summed E-state index contributed by atoms with van der Waals surface area (Å²) >= 11 is 0. The summed E-state index contributed by atoms with van der Waals surface area (Å²) in [4.78, 5) is 14.2. The summed E-state index contributed by atoms with van der Waals surface area (Å²) in [6.45, 7) is 6.43. The van der Waals surface area contributed by atoms with Gasteiger partial charge in [-0.1, -0.05) is 0 Å². The minimum absolute atomic E-state index is 0.0818. The van der Waals surface area contributed by atoms with Crippen LogP contribution in [0.3, 0.4) is 0 Å². The molecule has 2 unspecified atom stereocenters. The zero-order valence-electron chi connectivity index (χ0n) is 15.3. The van der Waals surface area contributed by atoms with Gasteiger partial charge < -0.3 is 15.7 Å². The highest BCUT2D eigenvalue weighted by Crippen LogP contribution is 2.36. The summed E-state index contributed by atoms with van der Waals surface area (Å²) in [6.07, 6.45) is 0.775. The Kier molecular flexibility index (Phi) is 5.14. The number of hydrogen-bond acceptors (Lipinski definition) is 5. The fourth-order valence-corrected chi connectivity index (χ4v) is 4.86. The number of aliphatic hydroxyl groups is 1. The summed E-state index contributed by atoms with van der Waals surface area (Å²) < 4.78 is 27.2. The van der Waals surface area contributed by atoms with Crippen LogP contribution in [-0.4, -0.2) is 55.3 Å². The molecule has 2 atom stereocenters. The summed E-state index contributed by atoms with van der Waals surface area (Å²) in [5.74, 6) is 0. The molecule has 0 aliphatic carbocycles. The molecular formula is C17H26N4O4S. The second-order valence-corrected chi connectivity index (χ2v) is 9.03. The Morgan fingerprint density at radius 1 is 1.31 bits per heavy atom. The molecule has 0 saturated carbocycles. The number of urea groups is 1. The van der Waals surface area contributed by atoms with E-state index in [4.69, 9.17) is 0 Å². The monoisotopic (exact) mass is 382 g/mol. The maximum Gasteiger partial charge on any atom is 0.322 e. The van der Waals surface area contributed by atoms with Crippen molar-refractivity contribution in [3.63, 3.8) is 0 Å². The molecule has 0 spiro atoms. The van der Waals surface area contributed by atoms with Crippen molar-refractivity contribution in [2.45, 2.75) is 56.8 Å². The third-order valence-corrected chi connectivity index (χ3v) is 6.62. The number of benzene rings is 1. The molecule has 1 aromatic carbocycles. The predicted octanol–water partition coefficient (Wildman–Crippen LogP) is 1.53. The van der Waals surface area contributed by atoms with E-state index in [0.717, 1.165) is 12.8 Å². The fraction of sp³-hybridized carbons (Fsp3) is 0.588. The van der Waals surface area contributed by atoms with Crippen molar-refractivity contribution in [1.29, 1.82) is 0 Å². The maximum absolute atomic E-state index is 12.9. The van der Waals surface area contributed by atoms with Crippen LogP contribution in [0.4, 0.5) is 16.2 Å². The van der Waals surface area contributed by atoms with Crippen molar-refractivity contribution >= 4 is 27.4 Å². The molecule has 1 saturated heterocycles. The van der Waals surface area contributed by atoms with Gasteiger partial charge in [-0.2, -0.15) is 4.31 Å². The van der Waals surface area contributed by atoms with Crippen LogP contribution in [0, 0.1) is 0 Å². The Morgan fingerprint density at radius 3 is 2.58 bits per heavy atom. The van der Waals surface area contributed by atoms with E-state index in [-0.39, 0.29) is 17.0 Å². The first-order chi connectivity index (χ1) is 12.2. The van der Waals surface area contributed by atoms with Crippen molar-refractivity contribution < 1.29 is 18.3 Å². The van der Waals surface area contributed by atoms with Gasteiger partial charge in [0.15, 0.2) is 0 Å². The van der Waals surface area contributed by atoms with Crippen LogP contribution in [0.15, 0.2) is 23.1 Å². The van der Waals surface area contributed by atoms with Crippen LogP contribution in [0.25, 0.3) is 0 Å². The van der Waals surface area contributed by atoms with Crippen LogP contribution in [0.2, 0.25) is 0 Å². The molecule has 9 heteroatoms. The third-order valence-electron chi connectivity index (χ3n) is 4.73. The number of anilines is 2. The normalized spacial score (nSPS) is 23.7. The van der Waals surface area contributed by atoms with Crippen molar-refractivity contribution in [3.05, 3.63) is 18.2 Å². The van der Waals surface area contributed by atoms with E-state index in [9.17, 15) is 18.3 Å². The highest BCUT2D eigenvalue weighted by atomic mass is 32.2. The Labute approximate surface area is 154 Å². The van der Waals surface area contributed by atoms with E-state index in [1.165, 1.54) is 21.3 Å².